The molecule has 0 spiro atoms. The molecule has 1 heterocycles. The van der Waals surface area contributed by atoms with Gasteiger partial charge in [-0.05, 0) is 31.0 Å². The molecule has 2 rings (SSSR count). The van der Waals surface area contributed by atoms with E-state index in [1.165, 1.54) is 7.11 Å². The number of benzene rings is 1. The van der Waals surface area contributed by atoms with Gasteiger partial charge in [0.15, 0.2) is 6.10 Å². The van der Waals surface area contributed by atoms with Crippen molar-refractivity contribution in [2.75, 3.05) is 13.7 Å². The Bertz CT molecular complexity index is 502. The minimum Gasteiger partial charge on any atom is -0.497 e. The molecule has 2 N–H and O–H groups in total. The number of methoxy groups -OCH3 is 1. The van der Waals surface area contributed by atoms with Gasteiger partial charge in [-0.2, -0.15) is 0 Å². The Morgan fingerprint density at radius 3 is 2.90 bits per heavy atom. The van der Waals surface area contributed by atoms with Crippen LogP contribution in [0.4, 0.5) is 0 Å². The van der Waals surface area contributed by atoms with Gasteiger partial charge in [-0.3, -0.25) is 4.79 Å². The van der Waals surface area contributed by atoms with E-state index in [0.29, 0.717) is 30.7 Å². The number of rotatable bonds is 5. The number of hydrogen-bond donors (Lipinski definition) is 2. The lowest BCUT2D eigenvalue weighted by Crippen LogP contribution is -2.33. The SMILES string of the molecule is COc1cccc(C(=O)NCC2CCC(C(=O)O)O2)c1. The van der Waals surface area contributed by atoms with Crippen molar-refractivity contribution >= 4 is 11.9 Å². The van der Waals surface area contributed by atoms with Gasteiger partial charge in [-0.1, -0.05) is 6.07 Å². The molecule has 20 heavy (non-hydrogen) atoms. The number of carboxylic acids is 1. The van der Waals surface area contributed by atoms with Crippen LogP contribution >= 0.6 is 0 Å². The molecule has 108 valence electrons. The smallest absolute Gasteiger partial charge is 0.332 e. The lowest BCUT2D eigenvalue weighted by molar-refractivity contribution is -0.149. The molecule has 0 radical (unpaired) electrons. The Labute approximate surface area is 116 Å². The lowest BCUT2D eigenvalue weighted by Gasteiger charge is -2.12. The second-order valence-electron chi connectivity index (χ2n) is 4.60. The molecule has 1 aromatic rings. The number of hydrogen-bond acceptors (Lipinski definition) is 4. The number of ether oxygens (including phenoxy) is 2. The van der Waals surface area contributed by atoms with Crippen molar-refractivity contribution in [3.8, 4) is 5.75 Å². The maximum Gasteiger partial charge on any atom is 0.332 e. The molecule has 1 aliphatic heterocycles. The van der Waals surface area contributed by atoms with Gasteiger partial charge in [-0.15, -0.1) is 0 Å². The maximum atomic E-state index is 11.9. The molecular weight excluding hydrogens is 262 g/mol. The summed E-state index contributed by atoms with van der Waals surface area (Å²) in [7, 11) is 1.54. The second-order valence-corrected chi connectivity index (χ2v) is 4.60. The second kappa shape index (κ2) is 6.38. The summed E-state index contributed by atoms with van der Waals surface area (Å²) in [4.78, 5) is 22.7. The molecule has 0 bridgehead atoms. The van der Waals surface area contributed by atoms with Crippen LogP contribution in [0.3, 0.4) is 0 Å². The van der Waals surface area contributed by atoms with Crippen LogP contribution in [-0.4, -0.2) is 42.8 Å². The highest BCUT2D eigenvalue weighted by Gasteiger charge is 2.30. The Hall–Kier alpha value is -2.08. The molecule has 2 unspecified atom stereocenters. The number of aliphatic carboxylic acids is 1. The van der Waals surface area contributed by atoms with Crippen LogP contribution in [0.15, 0.2) is 24.3 Å². The lowest BCUT2D eigenvalue weighted by atomic mass is 10.1. The fourth-order valence-corrected chi connectivity index (χ4v) is 2.11. The van der Waals surface area contributed by atoms with Crippen molar-refractivity contribution < 1.29 is 24.2 Å². The molecule has 0 aromatic heterocycles. The summed E-state index contributed by atoms with van der Waals surface area (Å²) in [6.07, 6.45) is 0.115. The van der Waals surface area contributed by atoms with Crippen molar-refractivity contribution in [3.05, 3.63) is 29.8 Å². The average molecular weight is 279 g/mol. The van der Waals surface area contributed by atoms with E-state index in [-0.39, 0.29) is 12.0 Å². The first kappa shape index (κ1) is 14.3. The molecule has 1 amide bonds. The first-order valence-electron chi connectivity index (χ1n) is 6.40. The maximum absolute atomic E-state index is 11.9. The topological polar surface area (TPSA) is 84.9 Å². The molecule has 1 aliphatic rings. The number of nitrogens with one attached hydrogen (secondary N) is 1. The first-order valence-corrected chi connectivity index (χ1v) is 6.40. The zero-order valence-electron chi connectivity index (χ0n) is 11.2. The van der Waals surface area contributed by atoms with E-state index in [9.17, 15) is 9.59 Å². The van der Waals surface area contributed by atoms with Crippen molar-refractivity contribution in [2.24, 2.45) is 0 Å². The highest BCUT2D eigenvalue weighted by Crippen LogP contribution is 2.19. The molecule has 6 nitrogen and oxygen atoms in total. The van der Waals surface area contributed by atoms with Crippen LogP contribution < -0.4 is 10.1 Å². The minimum atomic E-state index is -0.952. The van der Waals surface area contributed by atoms with E-state index in [4.69, 9.17) is 14.6 Å². The van der Waals surface area contributed by atoms with Crippen LogP contribution in [0, 0.1) is 0 Å². The predicted molar refractivity (Wildman–Crippen MR) is 70.9 cm³/mol. The van der Waals surface area contributed by atoms with Crippen LogP contribution in [0.2, 0.25) is 0 Å². The van der Waals surface area contributed by atoms with Crippen LogP contribution in [0.1, 0.15) is 23.2 Å². The summed E-state index contributed by atoms with van der Waals surface area (Å²) in [5.41, 5.74) is 0.497. The van der Waals surface area contributed by atoms with Crippen molar-refractivity contribution in [1.29, 1.82) is 0 Å². The molecule has 6 heteroatoms. The zero-order chi connectivity index (χ0) is 14.5. The Morgan fingerprint density at radius 2 is 2.25 bits per heavy atom. The largest absolute Gasteiger partial charge is 0.497 e. The van der Waals surface area contributed by atoms with E-state index in [2.05, 4.69) is 5.32 Å². The molecule has 2 atom stereocenters. The minimum absolute atomic E-state index is 0.230. The van der Waals surface area contributed by atoms with E-state index >= 15 is 0 Å². The van der Waals surface area contributed by atoms with Crippen LogP contribution in [-0.2, 0) is 9.53 Å². The van der Waals surface area contributed by atoms with Gasteiger partial charge >= 0.3 is 5.97 Å². The van der Waals surface area contributed by atoms with Gasteiger partial charge in [-0.25, -0.2) is 4.79 Å². The van der Waals surface area contributed by atoms with Crippen molar-refractivity contribution in [2.45, 2.75) is 25.0 Å². The fourth-order valence-electron chi connectivity index (χ4n) is 2.11. The van der Waals surface area contributed by atoms with Gasteiger partial charge < -0.3 is 19.9 Å². The molecule has 0 saturated carbocycles. The normalized spacial score (nSPS) is 21.4. The molecular formula is C14H17NO5. The van der Waals surface area contributed by atoms with Crippen molar-refractivity contribution in [1.82, 2.24) is 5.32 Å². The van der Waals surface area contributed by atoms with E-state index in [1.807, 2.05) is 0 Å². The molecule has 0 aliphatic carbocycles. The van der Waals surface area contributed by atoms with Gasteiger partial charge in [0.25, 0.3) is 5.91 Å². The fraction of sp³-hybridized carbons (Fsp3) is 0.429. The third-order valence-electron chi connectivity index (χ3n) is 3.21. The molecule has 1 saturated heterocycles. The average Bonchev–Trinajstić information content (AvgIpc) is 2.94. The summed E-state index contributed by atoms with van der Waals surface area (Å²) in [6.45, 7) is 0.305. The van der Waals surface area contributed by atoms with Crippen LogP contribution in [0.25, 0.3) is 0 Å². The standard InChI is InChI=1S/C14H17NO5/c1-19-10-4-2-3-9(7-10)13(16)15-8-11-5-6-12(20-11)14(17)18/h2-4,7,11-12H,5-6,8H2,1H3,(H,15,16)(H,17,18). The molecule has 1 fully saturated rings. The highest BCUT2D eigenvalue weighted by atomic mass is 16.5. The van der Waals surface area contributed by atoms with Gasteiger partial charge in [0.05, 0.1) is 13.2 Å². The number of carboxylic acid groups (broad SMARTS) is 1. The predicted octanol–water partition coefficient (Wildman–Crippen LogP) is 1.06. The zero-order valence-corrected chi connectivity index (χ0v) is 11.2. The summed E-state index contributed by atoms with van der Waals surface area (Å²) in [5.74, 6) is -0.571. The number of carbonyl (C=O) groups is 2. The summed E-state index contributed by atoms with van der Waals surface area (Å²) in [6, 6.07) is 6.83. The van der Waals surface area contributed by atoms with Crippen molar-refractivity contribution in [3.63, 3.8) is 0 Å². The van der Waals surface area contributed by atoms with Gasteiger partial charge in [0.2, 0.25) is 0 Å². The molecule has 1 aromatic carbocycles. The monoisotopic (exact) mass is 279 g/mol. The number of carbonyl (C=O) groups excluding carboxylic acids is 1. The van der Waals surface area contributed by atoms with E-state index in [0.717, 1.165) is 0 Å². The van der Waals surface area contributed by atoms with Gasteiger partial charge in [0, 0.05) is 12.1 Å². The third-order valence-corrected chi connectivity index (χ3v) is 3.21. The Balaban J connectivity index is 1.85. The van der Waals surface area contributed by atoms with Gasteiger partial charge in [0.1, 0.15) is 5.75 Å². The Kier molecular flexibility index (Phi) is 4.57. The summed E-state index contributed by atoms with van der Waals surface area (Å²) >= 11 is 0. The van der Waals surface area contributed by atoms with Crippen LogP contribution in [0.5, 0.6) is 5.75 Å². The quantitative estimate of drug-likeness (QED) is 0.841. The third kappa shape index (κ3) is 3.48. The summed E-state index contributed by atoms with van der Waals surface area (Å²) in [5, 5.41) is 11.6. The number of amides is 1. The van der Waals surface area contributed by atoms with E-state index < -0.39 is 12.1 Å². The highest BCUT2D eigenvalue weighted by molar-refractivity contribution is 5.94. The van der Waals surface area contributed by atoms with E-state index in [1.54, 1.807) is 24.3 Å². The first-order chi connectivity index (χ1) is 9.60. The Morgan fingerprint density at radius 1 is 1.45 bits per heavy atom. The summed E-state index contributed by atoms with van der Waals surface area (Å²) < 4.78 is 10.4.